The lowest BCUT2D eigenvalue weighted by Gasteiger charge is -2.30. The first-order valence-electron chi connectivity index (χ1n) is 8.48. The number of hydrogen-bond donors (Lipinski definition) is 2. The van der Waals surface area contributed by atoms with Crippen molar-refractivity contribution < 1.29 is 9.59 Å². The minimum absolute atomic E-state index is 0.0771. The maximum Gasteiger partial charge on any atom is 0.251 e. The first kappa shape index (κ1) is 17.2. The number of likely N-dealkylation sites (tertiary alicyclic amines) is 1. The summed E-state index contributed by atoms with van der Waals surface area (Å²) in [6.45, 7) is 1.96. The summed E-state index contributed by atoms with van der Waals surface area (Å²) in [5.41, 5.74) is 0.534. The van der Waals surface area contributed by atoms with E-state index < -0.39 is 0 Å². The molecule has 2 aromatic rings. The minimum Gasteiger partial charge on any atom is -0.343 e. The quantitative estimate of drug-likeness (QED) is 0.864. The van der Waals surface area contributed by atoms with Gasteiger partial charge in [-0.3, -0.25) is 9.59 Å². The van der Waals surface area contributed by atoms with Gasteiger partial charge in [0.1, 0.15) is 5.82 Å². The number of benzene rings is 1. The summed E-state index contributed by atoms with van der Waals surface area (Å²) >= 11 is 0. The molecule has 7 heteroatoms. The summed E-state index contributed by atoms with van der Waals surface area (Å²) < 4.78 is 1.88. The number of rotatable bonds is 5. The SMILES string of the molecule is CN1CCC(n2nccc2NC(=O)CNC(=O)c2ccccc2)CC1. The molecule has 0 saturated carbocycles. The Morgan fingerprint density at radius 2 is 1.88 bits per heavy atom. The summed E-state index contributed by atoms with van der Waals surface area (Å²) in [5.74, 6) is 0.145. The predicted octanol–water partition coefficient (Wildman–Crippen LogP) is 1.52. The molecule has 1 aromatic carbocycles. The molecule has 1 aliphatic rings. The van der Waals surface area contributed by atoms with Crippen LogP contribution in [0.4, 0.5) is 5.82 Å². The van der Waals surface area contributed by atoms with Crippen LogP contribution in [0.25, 0.3) is 0 Å². The highest BCUT2D eigenvalue weighted by Crippen LogP contribution is 2.24. The van der Waals surface area contributed by atoms with Crippen LogP contribution in [-0.4, -0.2) is 53.2 Å². The summed E-state index contributed by atoms with van der Waals surface area (Å²) in [7, 11) is 2.11. The predicted molar refractivity (Wildman–Crippen MR) is 95.4 cm³/mol. The highest BCUT2D eigenvalue weighted by atomic mass is 16.2. The Bertz CT molecular complexity index is 720. The third-order valence-corrected chi connectivity index (χ3v) is 4.42. The van der Waals surface area contributed by atoms with Gasteiger partial charge in [-0.15, -0.1) is 0 Å². The number of nitrogens with one attached hydrogen (secondary N) is 2. The summed E-state index contributed by atoms with van der Waals surface area (Å²) in [5, 5.41) is 9.82. The average molecular weight is 341 g/mol. The first-order chi connectivity index (χ1) is 12.1. The molecule has 0 aliphatic carbocycles. The molecule has 1 aliphatic heterocycles. The maximum absolute atomic E-state index is 12.2. The monoisotopic (exact) mass is 341 g/mol. The van der Waals surface area contributed by atoms with E-state index in [1.807, 2.05) is 10.7 Å². The molecular formula is C18H23N5O2. The van der Waals surface area contributed by atoms with Gasteiger partial charge in [0, 0.05) is 11.6 Å². The Kier molecular flexibility index (Phi) is 5.45. The molecule has 0 bridgehead atoms. The summed E-state index contributed by atoms with van der Waals surface area (Å²) in [4.78, 5) is 26.4. The van der Waals surface area contributed by atoms with Crippen LogP contribution in [0.3, 0.4) is 0 Å². The van der Waals surface area contributed by atoms with E-state index in [1.165, 1.54) is 0 Å². The number of carbonyl (C=O) groups excluding carboxylic acids is 2. The zero-order valence-electron chi connectivity index (χ0n) is 14.3. The van der Waals surface area contributed by atoms with Crippen molar-refractivity contribution in [3.63, 3.8) is 0 Å². The second-order valence-electron chi connectivity index (χ2n) is 6.29. The van der Waals surface area contributed by atoms with Crippen molar-refractivity contribution in [1.82, 2.24) is 20.0 Å². The molecule has 1 fully saturated rings. The molecule has 25 heavy (non-hydrogen) atoms. The van der Waals surface area contributed by atoms with Crippen LogP contribution in [0.1, 0.15) is 29.2 Å². The lowest BCUT2D eigenvalue weighted by atomic mass is 10.1. The van der Waals surface area contributed by atoms with E-state index in [1.54, 1.807) is 36.5 Å². The van der Waals surface area contributed by atoms with Gasteiger partial charge in [-0.2, -0.15) is 5.10 Å². The number of amides is 2. The lowest BCUT2D eigenvalue weighted by Crippen LogP contribution is -2.35. The second kappa shape index (κ2) is 7.94. The van der Waals surface area contributed by atoms with Crippen LogP contribution in [-0.2, 0) is 4.79 Å². The van der Waals surface area contributed by atoms with Crippen molar-refractivity contribution in [2.45, 2.75) is 18.9 Å². The van der Waals surface area contributed by atoms with Crippen LogP contribution in [0.15, 0.2) is 42.6 Å². The summed E-state index contributed by atoms with van der Waals surface area (Å²) in [6.07, 6.45) is 3.70. The third kappa shape index (κ3) is 4.45. The minimum atomic E-state index is -0.265. The van der Waals surface area contributed by atoms with Gasteiger partial charge in [0.25, 0.3) is 5.91 Å². The van der Waals surface area contributed by atoms with Crippen LogP contribution in [0.2, 0.25) is 0 Å². The molecule has 0 radical (unpaired) electrons. The van der Waals surface area contributed by atoms with Crippen molar-refractivity contribution in [1.29, 1.82) is 0 Å². The third-order valence-electron chi connectivity index (χ3n) is 4.42. The zero-order valence-corrected chi connectivity index (χ0v) is 14.3. The molecule has 2 N–H and O–H groups in total. The largest absolute Gasteiger partial charge is 0.343 e. The van der Waals surface area contributed by atoms with Gasteiger partial charge in [0.15, 0.2) is 0 Å². The zero-order chi connectivity index (χ0) is 17.6. The van der Waals surface area contributed by atoms with Gasteiger partial charge >= 0.3 is 0 Å². The van der Waals surface area contributed by atoms with E-state index in [2.05, 4.69) is 27.7 Å². The highest BCUT2D eigenvalue weighted by molar-refractivity contribution is 5.99. The molecular weight excluding hydrogens is 318 g/mol. The lowest BCUT2D eigenvalue weighted by molar-refractivity contribution is -0.115. The van der Waals surface area contributed by atoms with Crippen molar-refractivity contribution in [2.75, 3.05) is 32.0 Å². The van der Waals surface area contributed by atoms with Gasteiger partial charge in [-0.05, 0) is 45.1 Å². The maximum atomic E-state index is 12.2. The molecule has 1 saturated heterocycles. The Balaban J connectivity index is 1.53. The van der Waals surface area contributed by atoms with E-state index in [-0.39, 0.29) is 18.4 Å². The molecule has 3 rings (SSSR count). The van der Waals surface area contributed by atoms with Crippen molar-refractivity contribution >= 4 is 17.6 Å². The standard InChI is InChI=1S/C18H23N5O2/c1-22-11-8-15(9-12-22)23-16(7-10-20-23)21-17(24)13-19-18(25)14-5-3-2-4-6-14/h2-7,10,15H,8-9,11-13H2,1H3,(H,19,25)(H,21,24). The van der Waals surface area contributed by atoms with Crippen LogP contribution in [0.5, 0.6) is 0 Å². The van der Waals surface area contributed by atoms with Crippen LogP contribution < -0.4 is 10.6 Å². The topological polar surface area (TPSA) is 79.3 Å². The number of carbonyl (C=O) groups is 2. The highest BCUT2D eigenvalue weighted by Gasteiger charge is 2.21. The van der Waals surface area contributed by atoms with Crippen LogP contribution in [0, 0.1) is 0 Å². The Labute approximate surface area is 147 Å². The van der Waals surface area contributed by atoms with Gasteiger partial charge in [-0.25, -0.2) is 4.68 Å². The van der Waals surface area contributed by atoms with Gasteiger partial charge < -0.3 is 15.5 Å². The van der Waals surface area contributed by atoms with E-state index in [0.717, 1.165) is 25.9 Å². The number of anilines is 1. The van der Waals surface area contributed by atoms with E-state index in [0.29, 0.717) is 17.4 Å². The fraction of sp³-hybridized carbons (Fsp3) is 0.389. The number of nitrogens with zero attached hydrogens (tertiary/aromatic N) is 3. The number of aromatic nitrogens is 2. The van der Waals surface area contributed by atoms with E-state index >= 15 is 0 Å². The molecule has 0 spiro atoms. The van der Waals surface area contributed by atoms with E-state index in [4.69, 9.17) is 0 Å². The van der Waals surface area contributed by atoms with Gasteiger partial charge in [-0.1, -0.05) is 18.2 Å². The number of hydrogen-bond acceptors (Lipinski definition) is 4. The molecule has 0 unspecified atom stereocenters. The smallest absolute Gasteiger partial charge is 0.251 e. The molecule has 1 aromatic heterocycles. The van der Waals surface area contributed by atoms with E-state index in [9.17, 15) is 9.59 Å². The fourth-order valence-corrected chi connectivity index (χ4v) is 2.98. The number of piperidine rings is 1. The van der Waals surface area contributed by atoms with Gasteiger partial charge in [0.05, 0.1) is 18.8 Å². The molecule has 132 valence electrons. The van der Waals surface area contributed by atoms with Crippen molar-refractivity contribution in [3.05, 3.63) is 48.2 Å². The Morgan fingerprint density at radius 3 is 2.60 bits per heavy atom. The fourth-order valence-electron chi connectivity index (χ4n) is 2.98. The van der Waals surface area contributed by atoms with Gasteiger partial charge in [0.2, 0.25) is 5.91 Å². The van der Waals surface area contributed by atoms with Crippen molar-refractivity contribution in [2.24, 2.45) is 0 Å². The molecule has 2 amide bonds. The summed E-state index contributed by atoms with van der Waals surface area (Å²) in [6, 6.07) is 10.9. The normalized spacial score (nSPS) is 15.7. The second-order valence-corrected chi connectivity index (χ2v) is 6.29. The van der Waals surface area contributed by atoms with Crippen molar-refractivity contribution in [3.8, 4) is 0 Å². The average Bonchev–Trinajstić information content (AvgIpc) is 3.09. The first-order valence-corrected chi connectivity index (χ1v) is 8.48. The molecule has 7 nitrogen and oxygen atoms in total. The Morgan fingerprint density at radius 1 is 1.16 bits per heavy atom. The van der Waals surface area contributed by atoms with Crippen LogP contribution >= 0.6 is 0 Å². The molecule has 0 atom stereocenters. The molecule has 2 heterocycles. The Hall–Kier alpha value is -2.67.